The van der Waals surface area contributed by atoms with E-state index in [1.54, 1.807) is 0 Å². The van der Waals surface area contributed by atoms with E-state index in [4.69, 9.17) is 11.6 Å². The molecule has 0 fully saturated rings. The van der Waals surface area contributed by atoms with E-state index in [0.717, 1.165) is 29.8 Å². The van der Waals surface area contributed by atoms with Crippen molar-refractivity contribution in [3.8, 4) is 5.00 Å². The third-order valence-corrected chi connectivity index (χ3v) is 8.24. The minimum atomic E-state index is -0.222. The van der Waals surface area contributed by atoms with Crippen LogP contribution in [0, 0.1) is 0 Å². The van der Waals surface area contributed by atoms with Crippen LogP contribution in [0.4, 0.5) is 10.5 Å². The lowest BCUT2D eigenvalue weighted by molar-refractivity contribution is 0.194. The second-order valence-electron chi connectivity index (χ2n) is 8.68. The van der Waals surface area contributed by atoms with Crippen LogP contribution in [0.1, 0.15) is 46.1 Å². The van der Waals surface area contributed by atoms with Crippen molar-refractivity contribution in [1.82, 2.24) is 9.47 Å². The van der Waals surface area contributed by atoms with E-state index >= 15 is 0 Å². The van der Waals surface area contributed by atoms with Gasteiger partial charge in [0.15, 0.2) is 0 Å². The van der Waals surface area contributed by atoms with Crippen molar-refractivity contribution >= 4 is 34.7 Å². The molecule has 1 aliphatic carbocycles. The van der Waals surface area contributed by atoms with Gasteiger partial charge in [-0.25, -0.2) is 4.79 Å². The van der Waals surface area contributed by atoms with E-state index in [2.05, 4.69) is 28.2 Å². The van der Waals surface area contributed by atoms with Gasteiger partial charge < -0.3 is 14.8 Å². The van der Waals surface area contributed by atoms with Crippen LogP contribution in [-0.4, -0.2) is 15.5 Å². The number of fused-ring (bicyclic) bond motifs is 5. The van der Waals surface area contributed by atoms with Crippen molar-refractivity contribution < 1.29 is 4.79 Å². The monoisotopic (exact) mass is 473 g/mol. The van der Waals surface area contributed by atoms with Crippen molar-refractivity contribution in [2.75, 3.05) is 5.32 Å². The Balaban J connectivity index is 1.51. The Morgan fingerprint density at radius 2 is 1.73 bits per heavy atom. The average molecular weight is 474 g/mol. The van der Waals surface area contributed by atoms with Crippen molar-refractivity contribution in [2.24, 2.45) is 0 Å². The molecule has 33 heavy (non-hydrogen) atoms. The predicted molar refractivity (Wildman–Crippen MR) is 135 cm³/mol. The van der Waals surface area contributed by atoms with Crippen molar-refractivity contribution in [2.45, 2.75) is 38.3 Å². The summed E-state index contributed by atoms with van der Waals surface area (Å²) < 4.78 is 2.30. The maximum Gasteiger partial charge on any atom is 0.322 e. The summed E-state index contributed by atoms with van der Waals surface area (Å²) in [5.41, 5.74) is 5.69. The molecule has 0 radical (unpaired) electrons. The number of aryl methyl sites for hydroxylation is 1. The van der Waals surface area contributed by atoms with Crippen LogP contribution in [0.15, 0.2) is 72.9 Å². The second-order valence-corrected chi connectivity index (χ2v) is 10.2. The van der Waals surface area contributed by atoms with Crippen LogP contribution in [-0.2, 0) is 19.4 Å². The summed E-state index contributed by atoms with van der Waals surface area (Å²) in [7, 11) is 0. The number of hydrogen-bond donors (Lipinski definition) is 1. The highest BCUT2D eigenvalue weighted by atomic mass is 35.5. The molecular formula is C27H24ClN3OS. The maximum absolute atomic E-state index is 13.8. The first kappa shape index (κ1) is 20.6. The van der Waals surface area contributed by atoms with Gasteiger partial charge in [0.05, 0.1) is 18.3 Å². The first-order chi connectivity index (χ1) is 16.2. The number of para-hydroxylation sites is 1. The SMILES string of the molecule is O=C(Nc1ccccc1)N1Cc2c(sc3c2CCCC3)-n2cccc2[C@@H]1c1ccc(Cl)cc1. The van der Waals surface area contributed by atoms with Gasteiger partial charge in [-0.15, -0.1) is 11.3 Å². The number of benzene rings is 2. The van der Waals surface area contributed by atoms with Crippen LogP contribution < -0.4 is 5.32 Å². The minimum Gasteiger partial charge on any atom is -0.310 e. The molecule has 0 bridgehead atoms. The highest BCUT2D eigenvalue weighted by Gasteiger charge is 2.36. The number of urea groups is 1. The molecule has 0 spiro atoms. The minimum absolute atomic E-state index is 0.0995. The van der Waals surface area contributed by atoms with E-state index in [-0.39, 0.29) is 12.1 Å². The molecule has 6 rings (SSSR count). The van der Waals surface area contributed by atoms with Crippen molar-refractivity contribution in [3.05, 3.63) is 105 Å². The number of halogens is 1. The van der Waals surface area contributed by atoms with E-state index in [0.29, 0.717) is 11.6 Å². The zero-order chi connectivity index (χ0) is 22.4. The number of aromatic nitrogens is 1. The Kier molecular flexibility index (Phi) is 5.24. The molecule has 1 aliphatic heterocycles. The van der Waals surface area contributed by atoms with Crippen LogP contribution in [0.25, 0.3) is 5.00 Å². The first-order valence-corrected chi connectivity index (χ1v) is 12.6. The fourth-order valence-corrected chi connectivity index (χ4v) is 6.63. The quantitative estimate of drug-likeness (QED) is 0.328. The fourth-order valence-electron chi connectivity index (χ4n) is 5.10. The molecule has 2 aliphatic rings. The molecule has 0 saturated heterocycles. The third kappa shape index (κ3) is 3.65. The topological polar surface area (TPSA) is 37.3 Å². The number of thiophene rings is 1. The molecule has 0 unspecified atom stereocenters. The number of nitrogens with zero attached hydrogens (tertiary/aromatic N) is 2. The standard InChI is InChI=1S/C27H24ClN3OS/c28-19-14-12-18(13-15-19)25-23-10-6-16-30(23)26-22(21-9-4-5-11-24(21)33-26)17-31(25)27(32)29-20-7-2-1-3-8-20/h1-3,6-8,10,12-16,25H,4-5,9,11,17H2,(H,29,32)/t25-/m0/s1. The van der Waals surface area contributed by atoms with E-state index in [9.17, 15) is 4.79 Å². The lowest BCUT2D eigenvalue weighted by Gasteiger charge is -2.31. The van der Waals surface area contributed by atoms with Gasteiger partial charge >= 0.3 is 6.03 Å². The van der Waals surface area contributed by atoms with Crippen LogP contribution in [0.2, 0.25) is 5.02 Å². The average Bonchev–Trinajstić information content (AvgIpc) is 3.42. The molecule has 4 nitrogen and oxygen atoms in total. The van der Waals surface area contributed by atoms with Crippen LogP contribution in [0.5, 0.6) is 0 Å². The summed E-state index contributed by atoms with van der Waals surface area (Å²) in [6.07, 6.45) is 6.83. The number of anilines is 1. The number of carbonyl (C=O) groups is 1. The zero-order valence-electron chi connectivity index (χ0n) is 18.1. The van der Waals surface area contributed by atoms with Gasteiger partial charge in [-0.2, -0.15) is 0 Å². The Morgan fingerprint density at radius 1 is 0.939 bits per heavy atom. The molecule has 2 aromatic carbocycles. The molecule has 3 heterocycles. The number of amides is 2. The molecular weight excluding hydrogens is 450 g/mol. The fraction of sp³-hybridized carbons (Fsp3) is 0.222. The van der Waals surface area contributed by atoms with Gasteiger partial charge in [0.1, 0.15) is 5.00 Å². The van der Waals surface area contributed by atoms with Crippen LogP contribution >= 0.6 is 22.9 Å². The highest BCUT2D eigenvalue weighted by Crippen LogP contribution is 2.44. The molecule has 166 valence electrons. The molecule has 1 N–H and O–H groups in total. The van der Waals surface area contributed by atoms with E-state index in [1.807, 2.05) is 70.8 Å². The van der Waals surface area contributed by atoms with E-state index in [1.165, 1.54) is 33.8 Å². The van der Waals surface area contributed by atoms with Gasteiger partial charge in [-0.1, -0.05) is 41.9 Å². The molecule has 4 aromatic rings. The summed E-state index contributed by atoms with van der Waals surface area (Å²) >= 11 is 8.11. The number of hydrogen-bond acceptors (Lipinski definition) is 2. The number of rotatable bonds is 2. The number of carbonyl (C=O) groups excluding carboxylic acids is 1. The van der Waals surface area contributed by atoms with Crippen molar-refractivity contribution in [1.29, 1.82) is 0 Å². The van der Waals surface area contributed by atoms with Crippen LogP contribution in [0.3, 0.4) is 0 Å². The third-order valence-electron chi connectivity index (χ3n) is 6.65. The van der Waals surface area contributed by atoms with Gasteiger partial charge in [0, 0.05) is 27.3 Å². The summed E-state index contributed by atoms with van der Waals surface area (Å²) in [5.74, 6) is 0. The first-order valence-electron chi connectivity index (χ1n) is 11.4. The predicted octanol–water partition coefficient (Wildman–Crippen LogP) is 7.21. The van der Waals surface area contributed by atoms with Gasteiger partial charge in [-0.05, 0) is 73.2 Å². The second kappa shape index (κ2) is 8.40. The normalized spacial score (nSPS) is 17.0. The summed E-state index contributed by atoms with van der Waals surface area (Å²) in [5, 5.41) is 5.08. The lowest BCUT2D eigenvalue weighted by Crippen LogP contribution is -2.38. The van der Waals surface area contributed by atoms with Gasteiger partial charge in [0.25, 0.3) is 0 Å². The summed E-state index contributed by atoms with van der Waals surface area (Å²) in [4.78, 5) is 17.3. The van der Waals surface area contributed by atoms with Gasteiger partial charge in [-0.3, -0.25) is 0 Å². The maximum atomic E-state index is 13.8. The molecule has 1 atom stereocenters. The van der Waals surface area contributed by atoms with Crippen molar-refractivity contribution in [3.63, 3.8) is 0 Å². The Hall–Kier alpha value is -3.02. The summed E-state index contributed by atoms with van der Waals surface area (Å²) in [6, 6.07) is 21.4. The lowest BCUT2D eigenvalue weighted by atomic mass is 9.95. The van der Waals surface area contributed by atoms with E-state index < -0.39 is 0 Å². The molecule has 2 aromatic heterocycles. The Morgan fingerprint density at radius 3 is 2.55 bits per heavy atom. The van der Waals surface area contributed by atoms with Gasteiger partial charge in [0.2, 0.25) is 0 Å². The number of nitrogens with one attached hydrogen (secondary N) is 1. The zero-order valence-corrected chi connectivity index (χ0v) is 19.7. The highest BCUT2D eigenvalue weighted by molar-refractivity contribution is 7.15. The molecule has 6 heteroatoms. The smallest absolute Gasteiger partial charge is 0.310 e. The Labute approximate surface area is 202 Å². The molecule has 2 amide bonds. The summed E-state index contributed by atoms with van der Waals surface area (Å²) in [6.45, 7) is 0.578. The Bertz CT molecular complexity index is 1310. The molecule has 0 saturated carbocycles. The largest absolute Gasteiger partial charge is 0.322 e.